The van der Waals surface area contributed by atoms with Crippen molar-refractivity contribution in [3.63, 3.8) is 0 Å². The van der Waals surface area contributed by atoms with Gasteiger partial charge in [0.15, 0.2) is 0 Å². The first-order valence-corrected chi connectivity index (χ1v) is 12.6. The van der Waals surface area contributed by atoms with Crippen LogP contribution in [0.15, 0.2) is 23.3 Å². The number of hydrogen-bond acceptors (Lipinski definition) is 1. The maximum absolute atomic E-state index is 4.30. The third kappa shape index (κ3) is 2.21. The fourth-order valence-electron chi connectivity index (χ4n) is 7.02. The molecule has 4 atom stereocenters. The van der Waals surface area contributed by atoms with Crippen LogP contribution in [0.2, 0.25) is 18.6 Å². The highest BCUT2D eigenvalue weighted by molar-refractivity contribution is 6.58. The lowest BCUT2D eigenvalue weighted by atomic mass is 9.52. The third-order valence-corrected chi connectivity index (χ3v) is 9.95. The lowest BCUT2D eigenvalue weighted by Gasteiger charge is -2.63. The molecule has 1 nitrogen and oxygen atoms in total. The summed E-state index contributed by atoms with van der Waals surface area (Å²) < 4.78 is 0. The fourth-order valence-corrected chi connectivity index (χ4v) is 10.1. The van der Waals surface area contributed by atoms with Gasteiger partial charge in [-0.3, -0.25) is 0 Å². The largest absolute Gasteiger partial charge is 0.301 e. The molecule has 5 aliphatic rings. The molecule has 0 aromatic rings. The van der Waals surface area contributed by atoms with Gasteiger partial charge in [0.25, 0.3) is 0 Å². The minimum atomic E-state index is -0.619. The van der Waals surface area contributed by atoms with Crippen LogP contribution in [0, 0.1) is 17.8 Å². The Hall–Kier alpha value is -0.343. The summed E-state index contributed by atoms with van der Waals surface area (Å²) in [5.74, 6) is 3.13. The van der Waals surface area contributed by atoms with Crippen LogP contribution in [-0.2, 0) is 0 Å². The zero-order chi connectivity index (χ0) is 15.5. The van der Waals surface area contributed by atoms with E-state index in [0.29, 0.717) is 11.6 Å². The van der Waals surface area contributed by atoms with Crippen LogP contribution in [0.1, 0.15) is 52.4 Å². The molecule has 0 spiro atoms. The lowest BCUT2D eigenvalue weighted by molar-refractivity contribution is -0.0224. The van der Waals surface area contributed by atoms with Gasteiger partial charge in [0.05, 0.1) is 6.04 Å². The van der Waals surface area contributed by atoms with E-state index in [0.717, 1.165) is 23.3 Å². The van der Waals surface area contributed by atoms with Crippen molar-refractivity contribution >= 4 is 8.80 Å². The molecule has 5 aliphatic carbocycles. The van der Waals surface area contributed by atoms with Crippen molar-refractivity contribution in [2.24, 2.45) is 17.8 Å². The van der Waals surface area contributed by atoms with E-state index in [1.54, 1.807) is 30.4 Å². The Kier molecular flexibility index (Phi) is 3.69. The Morgan fingerprint density at radius 3 is 2.41 bits per heavy atom. The zero-order valence-electron chi connectivity index (χ0n) is 14.9. The minimum absolute atomic E-state index is 0.494. The lowest BCUT2D eigenvalue weighted by Crippen LogP contribution is -2.66. The maximum atomic E-state index is 4.30. The molecule has 0 amide bonds. The van der Waals surface area contributed by atoms with E-state index in [2.05, 4.69) is 44.4 Å². The van der Waals surface area contributed by atoms with Gasteiger partial charge in [0, 0.05) is 14.3 Å². The molecule has 5 rings (SSSR count). The van der Waals surface area contributed by atoms with Crippen molar-refractivity contribution in [1.29, 1.82) is 0 Å². The van der Waals surface area contributed by atoms with E-state index in [1.165, 1.54) is 19.3 Å². The van der Waals surface area contributed by atoms with Crippen LogP contribution in [0.25, 0.3) is 0 Å². The normalized spacial score (nSPS) is 46.3. The van der Waals surface area contributed by atoms with Crippen molar-refractivity contribution in [3.05, 3.63) is 23.3 Å². The monoisotopic (exact) mass is 315 g/mol. The first kappa shape index (κ1) is 15.2. The maximum Gasteiger partial charge on any atom is 0.0502 e. The predicted octanol–water partition coefficient (Wildman–Crippen LogP) is 4.68. The molecule has 0 aliphatic heterocycles. The summed E-state index contributed by atoms with van der Waals surface area (Å²) in [5, 5.41) is 4.30. The summed E-state index contributed by atoms with van der Waals surface area (Å²) in [6, 6.07) is 0.552. The van der Waals surface area contributed by atoms with Crippen molar-refractivity contribution in [2.45, 2.75) is 82.6 Å². The zero-order valence-corrected chi connectivity index (χ0v) is 16.0. The van der Waals surface area contributed by atoms with Gasteiger partial charge in [-0.2, -0.15) is 0 Å². The smallest absolute Gasteiger partial charge is 0.0502 e. The Morgan fingerprint density at radius 2 is 1.82 bits per heavy atom. The quantitative estimate of drug-likeness (QED) is 0.743. The van der Waals surface area contributed by atoms with Crippen molar-refractivity contribution in [2.75, 3.05) is 0 Å². The minimum Gasteiger partial charge on any atom is -0.301 e. The molecule has 1 N–H and O–H groups in total. The number of rotatable bonds is 4. The molecule has 0 heterocycles. The van der Waals surface area contributed by atoms with E-state index in [4.69, 9.17) is 0 Å². The fraction of sp³-hybridized carbons (Fsp3) is 0.800. The highest BCUT2D eigenvalue weighted by atomic mass is 28.3. The van der Waals surface area contributed by atoms with Crippen LogP contribution >= 0.6 is 0 Å². The van der Waals surface area contributed by atoms with Crippen molar-refractivity contribution < 1.29 is 0 Å². The van der Waals surface area contributed by atoms with Gasteiger partial charge in [-0.05, 0) is 74.3 Å². The van der Waals surface area contributed by atoms with Crippen LogP contribution in [0.5, 0.6) is 0 Å². The Labute approximate surface area is 138 Å². The second-order valence-electron chi connectivity index (χ2n) is 9.12. The summed E-state index contributed by atoms with van der Waals surface area (Å²) in [4.78, 5) is 0. The average Bonchev–Trinajstić information content (AvgIpc) is 2.77. The van der Waals surface area contributed by atoms with Crippen LogP contribution in [0.4, 0.5) is 0 Å². The molecule has 2 heteroatoms. The number of nitrogens with one attached hydrogen (secondary N) is 1. The molecule has 0 saturated heterocycles. The van der Waals surface area contributed by atoms with E-state index >= 15 is 0 Å². The molecule has 4 saturated carbocycles. The van der Waals surface area contributed by atoms with Crippen molar-refractivity contribution in [3.8, 4) is 0 Å². The van der Waals surface area contributed by atoms with E-state index in [9.17, 15) is 0 Å². The Bertz CT molecular complexity index is 504. The number of allylic oxidation sites excluding steroid dienone is 2. The van der Waals surface area contributed by atoms with Gasteiger partial charge < -0.3 is 5.32 Å². The van der Waals surface area contributed by atoms with Gasteiger partial charge in [-0.1, -0.05) is 37.7 Å². The molecule has 4 fully saturated rings. The first-order chi connectivity index (χ1) is 10.5. The van der Waals surface area contributed by atoms with Crippen LogP contribution < -0.4 is 5.32 Å². The van der Waals surface area contributed by atoms with E-state index < -0.39 is 8.80 Å². The van der Waals surface area contributed by atoms with Gasteiger partial charge in [0.1, 0.15) is 0 Å². The molecular weight excluding hydrogens is 282 g/mol. The highest BCUT2D eigenvalue weighted by Gasteiger charge is 2.58. The second kappa shape index (κ2) is 5.34. The molecule has 122 valence electrons. The topological polar surface area (TPSA) is 12.0 Å². The molecule has 4 bridgehead atoms. The van der Waals surface area contributed by atoms with E-state index in [1.807, 2.05) is 0 Å². The molecular formula is C20H33NSi. The summed E-state index contributed by atoms with van der Waals surface area (Å²) in [7, 11) is -0.619. The SMILES string of the molecule is CCC1=CC=C(C)C1NC12CC3CC(CC(C3)C1[SiH](C)C)C2. The molecule has 4 unspecified atom stereocenters. The summed E-state index contributed by atoms with van der Waals surface area (Å²) in [6.45, 7) is 9.88. The van der Waals surface area contributed by atoms with Gasteiger partial charge in [-0.15, -0.1) is 0 Å². The summed E-state index contributed by atoms with van der Waals surface area (Å²) in [6.07, 6.45) is 13.6. The molecule has 0 aromatic carbocycles. The number of hydrogen-bond donors (Lipinski definition) is 1. The van der Waals surface area contributed by atoms with E-state index in [-0.39, 0.29) is 0 Å². The molecule has 0 aromatic heterocycles. The Morgan fingerprint density at radius 1 is 1.14 bits per heavy atom. The third-order valence-electron chi connectivity index (χ3n) is 7.34. The van der Waals surface area contributed by atoms with Crippen LogP contribution in [-0.4, -0.2) is 20.4 Å². The van der Waals surface area contributed by atoms with Gasteiger partial charge in [0.2, 0.25) is 0 Å². The highest BCUT2D eigenvalue weighted by Crippen LogP contribution is 2.62. The second-order valence-corrected chi connectivity index (χ2v) is 12.3. The molecule has 22 heavy (non-hydrogen) atoms. The Balaban J connectivity index is 1.65. The predicted molar refractivity (Wildman–Crippen MR) is 98.0 cm³/mol. The van der Waals surface area contributed by atoms with Gasteiger partial charge >= 0.3 is 0 Å². The summed E-state index contributed by atoms with van der Waals surface area (Å²) in [5.41, 5.74) is 4.70. The van der Waals surface area contributed by atoms with Crippen LogP contribution in [0.3, 0.4) is 0 Å². The van der Waals surface area contributed by atoms with Crippen molar-refractivity contribution in [1.82, 2.24) is 5.32 Å². The first-order valence-electron chi connectivity index (χ1n) is 9.67. The average molecular weight is 316 g/mol. The molecule has 0 radical (unpaired) electrons. The standard InChI is InChI=1S/C20H33NSi/c1-5-16-7-6-13(2)18(16)21-20-11-14-8-15(12-20)10-17(9-14)19(20)22(3)4/h6-7,14-15,17-19,21-22H,5,8-12H2,1-4H3. The summed E-state index contributed by atoms with van der Waals surface area (Å²) >= 11 is 0. The van der Waals surface area contributed by atoms with Gasteiger partial charge in [-0.25, -0.2) is 0 Å².